The van der Waals surface area contributed by atoms with Crippen molar-refractivity contribution in [3.63, 3.8) is 0 Å². The average Bonchev–Trinajstić information content (AvgIpc) is 2.33. The number of amides is 1. The number of carbonyl (C=O) groups excluding carboxylic acids is 2. The van der Waals surface area contributed by atoms with Gasteiger partial charge in [-0.3, -0.25) is 4.79 Å². The summed E-state index contributed by atoms with van der Waals surface area (Å²) < 4.78 is 10.0. The van der Waals surface area contributed by atoms with Crippen LogP contribution in [0.15, 0.2) is 12.7 Å². The van der Waals surface area contributed by atoms with Gasteiger partial charge in [-0.2, -0.15) is 0 Å². The maximum absolute atomic E-state index is 11.5. The van der Waals surface area contributed by atoms with Gasteiger partial charge in [-0.15, -0.1) is 0 Å². The summed E-state index contributed by atoms with van der Waals surface area (Å²) >= 11 is 0. The van der Waals surface area contributed by atoms with Crippen molar-refractivity contribution in [1.29, 1.82) is 0 Å². The molecule has 1 unspecified atom stereocenters. The minimum Gasteiger partial charge on any atom is -0.444 e. The first-order valence-corrected chi connectivity index (χ1v) is 6.55. The van der Waals surface area contributed by atoms with Gasteiger partial charge in [0.2, 0.25) is 0 Å². The molecule has 0 aliphatic rings. The van der Waals surface area contributed by atoms with Gasteiger partial charge in [-0.05, 0) is 33.3 Å². The van der Waals surface area contributed by atoms with Crippen LogP contribution in [0.5, 0.6) is 0 Å². The number of nitrogens with one attached hydrogen (secondary N) is 1. The number of ether oxygens (including phenoxy) is 2. The normalized spacial score (nSPS) is 11.6. The third kappa shape index (κ3) is 10.0. The average molecular weight is 281 g/mol. The second kappa shape index (κ2) is 9.03. The minimum absolute atomic E-state index is 0.269. The Morgan fingerprint density at radius 3 is 2.55 bits per heavy atom. The van der Waals surface area contributed by atoms with Crippen LogP contribution in [0.1, 0.15) is 40.5 Å². The standard InChI is InChI=1S/C15H23NO4/c1-6-8-9-10-12(7-2)19-13(17)11-16-14(18)20-15(3,4)5/h7,12H,2,6,8,11H2,1,3-5H3,(H,16,18). The fraction of sp³-hybridized carbons (Fsp3) is 0.600. The van der Waals surface area contributed by atoms with E-state index in [9.17, 15) is 9.59 Å². The summed E-state index contributed by atoms with van der Waals surface area (Å²) in [6, 6.07) is 0. The third-order valence-corrected chi connectivity index (χ3v) is 1.87. The number of hydrogen-bond donors (Lipinski definition) is 1. The summed E-state index contributed by atoms with van der Waals surface area (Å²) in [6.07, 6.45) is 1.79. The molecule has 0 radical (unpaired) electrons. The Morgan fingerprint density at radius 2 is 2.05 bits per heavy atom. The summed E-state index contributed by atoms with van der Waals surface area (Å²) in [7, 11) is 0. The number of carbonyl (C=O) groups is 2. The Labute approximate surface area is 120 Å². The molecular formula is C15H23NO4. The molecule has 0 saturated heterocycles. The largest absolute Gasteiger partial charge is 0.444 e. The van der Waals surface area contributed by atoms with E-state index in [1.54, 1.807) is 20.8 Å². The van der Waals surface area contributed by atoms with E-state index in [2.05, 4.69) is 23.7 Å². The molecule has 0 rings (SSSR count). The van der Waals surface area contributed by atoms with Crippen LogP contribution in [0.25, 0.3) is 0 Å². The van der Waals surface area contributed by atoms with Crippen LogP contribution in [0.4, 0.5) is 4.79 Å². The van der Waals surface area contributed by atoms with E-state index in [4.69, 9.17) is 9.47 Å². The molecule has 112 valence electrons. The topological polar surface area (TPSA) is 64.6 Å². The molecule has 0 fully saturated rings. The van der Waals surface area contributed by atoms with Crippen molar-refractivity contribution in [3.05, 3.63) is 12.7 Å². The third-order valence-electron chi connectivity index (χ3n) is 1.87. The predicted octanol–water partition coefficient (Wildman–Crippen LogP) is 2.41. The van der Waals surface area contributed by atoms with Gasteiger partial charge < -0.3 is 14.8 Å². The lowest BCUT2D eigenvalue weighted by atomic mass is 10.2. The van der Waals surface area contributed by atoms with E-state index in [1.165, 1.54) is 6.08 Å². The van der Waals surface area contributed by atoms with Crippen LogP contribution in [0.2, 0.25) is 0 Å². The number of rotatable bonds is 5. The number of esters is 1. The van der Waals surface area contributed by atoms with Crippen molar-refractivity contribution in [3.8, 4) is 11.8 Å². The molecular weight excluding hydrogens is 258 g/mol. The zero-order valence-corrected chi connectivity index (χ0v) is 12.6. The second-order valence-electron chi connectivity index (χ2n) is 5.07. The maximum Gasteiger partial charge on any atom is 0.408 e. The fourth-order valence-corrected chi connectivity index (χ4v) is 1.08. The van der Waals surface area contributed by atoms with Crippen LogP contribution in [0.3, 0.4) is 0 Å². The summed E-state index contributed by atoms with van der Waals surface area (Å²) in [4.78, 5) is 22.8. The van der Waals surface area contributed by atoms with Crippen LogP contribution in [-0.2, 0) is 14.3 Å². The summed E-state index contributed by atoms with van der Waals surface area (Å²) in [5.41, 5.74) is -0.608. The van der Waals surface area contributed by atoms with Gasteiger partial charge in [-0.1, -0.05) is 25.3 Å². The molecule has 1 amide bonds. The van der Waals surface area contributed by atoms with Gasteiger partial charge in [0.15, 0.2) is 6.10 Å². The van der Waals surface area contributed by atoms with Crippen molar-refractivity contribution in [2.24, 2.45) is 0 Å². The fourth-order valence-electron chi connectivity index (χ4n) is 1.08. The van der Waals surface area contributed by atoms with Gasteiger partial charge in [0.25, 0.3) is 0 Å². The van der Waals surface area contributed by atoms with Crippen molar-refractivity contribution in [2.45, 2.75) is 52.2 Å². The summed E-state index contributed by atoms with van der Waals surface area (Å²) in [5, 5.41) is 2.32. The first-order chi connectivity index (χ1) is 9.28. The Kier molecular flexibility index (Phi) is 8.14. The van der Waals surface area contributed by atoms with Gasteiger partial charge in [0, 0.05) is 6.42 Å². The van der Waals surface area contributed by atoms with Gasteiger partial charge in [-0.25, -0.2) is 4.79 Å². The first-order valence-electron chi connectivity index (χ1n) is 6.55. The molecule has 5 heteroatoms. The molecule has 1 atom stereocenters. The summed E-state index contributed by atoms with van der Waals surface area (Å²) in [6.45, 7) is 10.5. The predicted molar refractivity (Wildman–Crippen MR) is 77.0 cm³/mol. The smallest absolute Gasteiger partial charge is 0.408 e. The minimum atomic E-state index is -0.665. The number of hydrogen-bond acceptors (Lipinski definition) is 4. The van der Waals surface area contributed by atoms with Crippen molar-refractivity contribution >= 4 is 12.1 Å². The van der Waals surface area contributed by atoms with E-state index in [0.717, 1.165) is 12.8 Å². The Bertz CT molecular complexity index is 398. The van der Waals surface area contributed by atoms with E-state index < -0.39 is 23.8 Å². The van der Waals surface area contributed by atoms with E-state index in [0.29, 0.717) is 0 Å². The monoisotopic (exact) mass is 281 g/mol. The van der Waals surface area contributed by atoms with Gasteiger partial charge in [0.1, 0.15) is 12.1 Å². The highest BCUT2D eigenvalue weighted by Crippen LogP contribution is 2.06. The molecule has 0 aromatic heterocycles. The second-order valence-corrected chi connectivity index (χ2v) is 5.07. The van der Waals surface area contributed by atoms with Crippen LogP contribution in [-0.4, -0.2) is 30.3 Å². The van der Waals surface area contributed by atoms with Crippen molar-refractivity contribution < 1.29 is 19.1 Å². The Hall–Kier alpha value is -1.96. The molecule has 1 N–H and O–H groups in total. The molecule has 0 saturated carbocycles. The van der Waals surface area contributed by atoms with E-state index in [-0.39, 0.29) is 6.54 Å². The van der Waals surface area contributed by atoms with Crippen molar-refractivity contribution in [1.82, 2.24) is 5.32 Å². The lowest BCUT2D eigenvalue weighted by molar-refractivity contribution is -0.143. The van der Waals surface area contributed by atoms with Gasteiger partial charge in [0.05, 0.1) is 0 Å². The molecule has 0 aromatic rings. The Balaban J connectivity index is 4.13. The van der Waals surface area contributed by atoms with E-state index >= 15 is 0 Å². The quantitative estimate of drug-likeness (QED) is 0.477. The molecule has 0 spiro atoms. The molecule has 0 aliphatic carbocycles. The number of alkyl carbamates (subject to hydrolysis) is 1. The molecule has 5 nitrogen and oxygen atoms in total. The van der Waals surface area contributed by atoms with E-state index in [1.807, 2.05) is 6.92 Å². The SMILES string of the molecule is C=CC(C#CCCC)OC(=O)CNC(=O)OC(C)(C)C. The lowest BCUT2D eigenvalue weighted by Gasteiger charge is -2.19. The molecule has 0 aromatic carbocycles. The Morgan fingerprint density at radius 1 is 1.40 bits per heavy atom. The molecule has 0 aliphatic heterocycles. The highest BCUT2D eigenvalue weighted by molar-refractivity contribution is 5.78. The van der Waals surface area contributed by atoms with Crippen LogP contribution in [0, 0.1) is 11.8 Å². The highest BCUT2D eigenvalue weighted by atomic mass is 16.6. The van der Waals surface area contributed by atoms with Gasteiger partial charge >= 0.3 is 12.1 Å². The number of unbranched alkanes of at least 4 members (excludes halogenated alkanes) is 1. The molecule has 20 heavy (non-hydrogen) atoms. The van der Waals surface area contributed by atoms with Crippen LogP contribution >= 0.6 is 0 Å². The molecule has 0 bridgehead atoms. The highest BCUT2D eigenvalue weighted by Gasteiger charge is 2.17. The van der Waals surface area contributed by atoms with Crippen molar-refractivity contribution in [2.75, 3.05) is 6.54 Å². The first kappa shape index (κ1) is 18.0. The van der Waals surface area contributed by atoms with Crippen LogP contribution < -0.4 is 5.32 Å². The summed E-state index contributed by atoms with van der Waals surface area (Å²) in [5.74, 6) is 5.06. The zero-order valence-electron chi connectivity index (χ0n) is 12.6. The molecule has 0 heterocycles. The zero-order chi connectivity index (χ0) is 15.6. The maximum atomic E-state index is 11.5. The lowest BCUT2D eigenvalue weighted by Crippen LogP contribution is -2.36.